The highest BCUT2D eigenvalue weighted by Crippen LogP contribution is 2.18. The summed E-state index contributed by atoms with van der Waals surface area (Å²) in [7, 11) is 0. The number of carbonyl (C=O) groups is 1. The number of nitro benzene ring substituents is 1. The van der Waals surface area contributed by atoms with Crippen LogP contribution in [0.15, 0.2) is 30.3 Å². The fourth-order valence-electron chi connectivity index (χ4n) is 1.35. The van der Waals surface area contributed by atoms with E-state index in [0.717, 1.165) is 6.42 Å². The summed E-state index contributed by atoms with van der Waals surface area (Å²) in [5, 5.41) is 13.5. The Morgan fingerprint density at radius 1 is 1.50 bits per heavy atom. The van der Waals surface area contributed by atoms with Gasteiger partial charge in [0.1, 0.15) is 0 Å². The molecule has 0 saturated heterocycles. The fourth-order valence-corrected chi connectivity index (χ4v) is 1.35. The largest absolute Gasteiger partial charge is 0.350 e. The van der Waals surface area contributed by atoms with Gasteiger partial charge in [-0.1, -0.05) is 19.1 Å². The van der Waals surface area contributed by atoms with Gasteiger partial charge in [-0.05, 0) is 25.5 Å². The first-order valence-corrected chi connectivity index (χ1v) is 5.76. The first-order valence-electron chi connectivity index (χ1n) is 5.76. The first-order chi connectivity index (χ1) is 8.54. The van der Waals surface area contributed by atoms with E-state index in [-0.39, 0.29) is 17.6 Å². The number of nitrogens with one attached hydrogen (secondary N) is 1. The Morgan fingerprint density at radius 2 is 2.17 bits per heavy atom. The van der Waals surface area contributed by atoms with Gasteiger partial charge in [-0.15, -0.1) is 0 Å². The summed E-state index contributed by atoms with van der Waals surface area (Å²) in [4.78, 5) is 21.8. The molecular formula is C13H16N2O3. The SMILES string of the molecule is CCC(C)NC(=O)/C=C/c1ccccc1[N+](=O)[O-]. The second kappa shape index (κ2) is 6.54. The van der Waals surface area contributed by atoms with E-state index in [1.165, 1.54) is 18.2 Å². The molecule has 0 aliphatic rings. The average Bonchev–Trinajstić information content (AvgIpc) is 2.36. The molecule has 0 aromatic heterocycles. The van der Waals surface area contributed by atoms with Crippen molar-refractivity contribution in [3.05, 3.63) is 46.0 Å². The molecule has 1 aromatic rings. The molecule has 1 unspecified atom stereocenters. The van der Waals surface area contributed by atoms with Crippen molar-refractivity contribution in [2.45, 2.75) is 26.3 Å². The zero-order chi connectivity index (χ0) is 13.5. The number of hydrogen-bond acceptors (Lipinski definition) is 3. The first kappa shape index (κ1) is 13.9. The lowest BCUT2D eigenvalue weighted by Crippen LogP contribution is -2.30. The van der Waals surface area contributed by atoms with Crippen LogP contribution in [0.25, 0.3) is 6.08 Å². The Bertz CT molecular complexity index is 469. The van der Waals surface area contributed by atoms with Crippen molar-refractivity contribution >= 4 is 17.7 Å². The molecule has 5 nitrogen and oxygen atoms in total. The number of hydrogen-bond donors (Lipinski definition) is 1. The van der Waals surface area contributed by atoms with Crippen molar-refractivity contribution in [2.75, 3.05) is 0 Å². The number of benzene rings is 1. The van der Waals surface area contributed by atoms with Gasteiger partial charge in [0.2, 0.25) is 5.91 Å². The number of nitro groups is 1. The van der Waals surface area contributed by atoms with Crippen molar-refractivity contribution in [3.63, 3.8) is 0 Å². The van der Waals surface area contributed by atoms with Crippen molar-refractivity contribution in [1.82, 2.24) is 5.32 Å². The summed E-state index contributed by atoms with van der Waals surface area (Å²) >= 11 is 0. The van der Waals surface area contributed by atoms with Gasteiger partial charge in [-0.2, -0.15) is 0 Å². The average molecular weight is 248 g/mol. The quantitative estimate of drug-likeness (QED) is 0.494. The van der Waals surface area contributed by atoms with Crippen LogP contribution in [-0.2, 0) is 4.79 Å². The Labute approximate surface area is 106 Å². The predicted octanol–water partition coefficient (Wildman–Crippen LogP) is 2.52. The molecule has 0 fully saturated rings. The van der Waals surface area contributed by atoms with Gasteiger partial charge in [0.25, 0.3) is 5.69 Å². The van der Waals surface area contributed by atoms with Crippen LogP contribution in [0.2, 0.25) is 0 Å². The van der Waals surface area contributed by atoms with Crippen LogP contribution in [-0.4, -0.2) is 16.9 Å². The maximum atomic E-state index is 11.5. The molecule has 0 aliphatic carbocycles. The van der Waals surface area contributed by atoms with Crippen LogP contribution in [0.5, 0.6) is 0 Å². The Hall–Kier alpha value is -2.17. The summed E-state index contributed by atoms with van der Waals surface area (Å²) in [5.41, 5.74) is 0.409. The summed E-state index contributed by atoms with van der Waals surface area (Å²) in [5.74, 6) is -0.248. The third kappa shape index (κ3) is 4.01. The highest BCUT2D eigenvalue weighted by atomic mass is 16.6. The normalized spacial score (nSPS) is 12.3. The monoisotopic (exact) mass is 248 g/mol. The second-order valence-corrected chi connectivity index (χ2v) is 3.97. The van der Waals surface area contributed by atoms with E-state index in [2.05, 4.69) is 5.32 Å². The Kier molecular flexibility index (Phi) is 5.05. The van der Waals surface area contributed by atoms with E-state index >= 15 is 0 Å². The van der Waals surface area contributed by atoms with Crippen LogP contribution in [0.1, 0.15) is 25.8 Å². The van der Waals surface area contributed by atoms with Gasteiger partial charge in [-0.25, -0.2) is 0 Å². The lowest BCUT2D eigenvalue weighted by Gasteiger charge is -2.08. The van der Waals surface area contributed by atoms with Gasteiger partial charge in [0.15, 0.2) is 0 Å². The molecule has 0 heterocycles. The molecule has 1 atom stereocenters. The topological polar surface area (TPSA) is 72.2 Å². The van der Waals surface area contributed by atoms with Crippen LogP contribution in [0.3, 0.4) is 0 Å². The van der Waals surface area contributed by atoms with Crippen molar-refractivity contribution in [1.29, 1.82) is 0 Å². The molecule has 1 amide bonds. The molecule has 0 saturated carbocycles. The van der Waals surface area contributed by atoms with E-state index in [9.17, 15) is 14.9 Å². The maximum Gasteiger partial charge on any atom is 0.276 e. The van der Waals surface area contributed by atoms with Crippen molar-refractivity contribution in [3.8, 4) is 0 Å². The van der Waals surface area contributed by atoms with Gasteiger partial charge in [0, 0.05) is 18.2 Å². The fraction of sp³-hybridized carbons (Fsp3) is 0.308. The van der Waals surface area contributed by atoms with Gasteiger partial charge < -0.3 is 5.32 Å². The number of amides is 1. The van der Waals surface area contributed by atoms with Crippen molar-refractivity contribution in [2.24, 2.45) is 0 Å². The number of para-hydroxylation sites is 1. The molecule has 0 bridgehead atoms. The van der Waals surface area contributed by atoms with E-state index in [1.54, 1.807) is 18.2 Å². The van der Waals surface area contributed by atoms with E-state index in [0.29, 0.717) is 5.56 Å². The molecule has 5 heteroatoms. The number of carbonyl (C=O) groups excluding carboxylic acids is 1. The zero-order valence-corrected chi connectivity index (χ0v) is 10.4. The Balaban J connectivity index is 2.78. The third-order valence-corrected chi connectivity index (χ3v) is 2.55. The lowest BCUT2D eigenvalue weighted by molar-refractivity contribution is -0.385. The second-order valence-electron chi connectivity index (χ2n) is 3.97. The molecule has 1 N–H and O–H groups in total. The molecular weight excluding hydrogens is 232 g/mol. The molecule has 0 spiro atoms. The standard InChI is InChI=1S/C13H16N2O3/c1-3-10(2)14-13(16)9-8-11-6-4-5-7-12(11)15(17)18/h4-10H,3H2,1-2H3,(H,14,16)/b9-8+. The number of rotatable bonds is 5. The highest BCUT2D eigenvalue weighted by Gasteiger charge is 2.09. The summed E-state index contributed by atoms with van der Waals surface area (Å²) in [6, 6.07) is 6.39. The molecule has 1 aromatic carbocycles. The smallest absolute Gasteiger partial charge is 0.276 e. The van der Waals surface area contributed by atoms with Gasteiger partial charge in [0.05, 0.1) is 10.5 Å². The third-order valence-electron chi connectivity index (χ3n) is 2.55. The summed E-state index contributed by atoms with van der Waals surface area (Å²) in [6.45, 7) is 3.87. The molecule has 1 rings (SSSR count). The summed E-state index contributed by atoms with van der Waals surface area (Å²) < 4.78 is 0. The molecule has 96 valence electrons. The minimum absolute atomic E-state index is 0.00918. The van der Waals surface area contributed by atoms with Crippen LogP contribution >= 0.6 is 0 Å². The van der Waals surface area contributed by atoms with E-state index < -0.39 is 4.92 Å². The molecule has 0 aliphatic heterocycles. The van der Waals surface area contributed by atoms with Gasteiger partial charge in [-0.3, -0.25) is 14.9 Å². The summed E-state index contributed by atoms with van der Waals surface area (Å²) in [6.07, 6.45) is 3.61. The lowest BCUT2D eigenvalue weighted by atomic mass is 10.1. The minimum atomic E-state index is -0.466. The van der Waals surface area contributed by atoms with E-state index in [4.69, 9.17) is 0 Å². The van der Waals surface area contributed by atoms with Crippen molar-refractivity contribution < 1.29 is 9.72 Å². The Morgan fingerprint density at radius 3 is 2.78 bits per heavy atom. The number of nitrogens with zero attached hydrogens (tertiary/aromatic N) is 1. The van der Waals surface area contributed by atoms with E-state index in [1.807, 2.05) is 13.8 Å². The van der Waals surface area contributed by atoms with Crippen LogP contribution in [0, 0.1) is 10.1 Å². The zero-order valence-electron chi connectivity index (χ0n) is 10.4. The molecule has 0 radical (unpaired) electrons. The maximum absolute atomic E-state index is 11.5. The van der Waals surface area contributed by atoms with Crippen LogP contribution in [0.4, 0.5) is 5.69 Å². The molecule has 18 heavy (non-hydrogen) atoms. The minimum Gasteiger partial charge on any atom is -0.350 e. The van der Waals surface area contributed by atoms with Gasteiger partial charge >= 0.3 is 0 Å². The predicted molar refractivity (Wildman–Crippen MR) is 70.0 cm³/mol. The van der Waals surface area contributed by atoms with Crippen LogP contribution < -0.4 is 5.32 Å². The highest BCUT2D eigenvalue weighted by molar-refractivity contribution is 5.92.